The van der Waals surface area contributed by atoms with Gasteiger partial charge in [-0.15, -0.1) is 11.8 Å². The van der Waals surface area contributed by atoms with Gasteiger partial charge in [0.05, 0.1) is 11.5 Å². The average Bonchev–Trinajstić information content (AvgIpc) is 3.04. The third-order valence-electron chi connectivity index (χ3n) is 3.28. The summed E-state index contributed by atoms with van der Waals surface area (Å²) in [6.07, 6.45) is 0.734. The molecule has 2 rings (SSSR count). The molecule has 27 heavy (non-hydrogen) atoms. The van der Waals surface area contributed by atoms with Crippen LogP contribution in [-0.2, 0) is 9.53 Å². The fourth-order valence-electron chi connectivity index (χ4n) is 2.06. The molecule has 0 saturated carbocycles. The van der Waals surface area contributed by atoms with Crippen molar-refractivity contribution in [2.45, 2.75) is 24.7 Å². The van der Waals surface area contributed by atoms with Gasteiger partial charge in [-0.1, -0.05) is 0 Å². The molecule has 0 bridgehead atoms. The zero-order valence-electron chi connectivity index (χ0n) is 14.4. The lowest BCUT2D eigenvalue weighted by molar-refractivity contribution is -0.380. The lowest BCUT2D eigenvalue weighted by Gasteiger charge is -2.06. The molecule has 0 fully saturated rings. The second-order valence-corrected chi connectivity index (χ2v) is 7.46. The van der Waals surface area contributed by atoms with Gasteiger partial charge in [0.1, 0.15) is 16.4 Å². The molecular weight excluding hydrogens is 395 g/mol. The molecule has 0 radical (unpaired) electrons. The largest absolute Gasteiger partial charge is 0.462 e. The third kappa shape index (κ3) is 6.33. The minimum Gasteiger partial charge on any atom is -0.462 e. The van der Waals surface area contributed by atoms with Gasteiger partial charge in [0, 0.05) is 17.4 Å². The quantitative estimate of drug-likeness (QED) is 0.214. The monoisotopic (exact) mass is 412 g/mol. The number of thioether (sulfide) groups is 1. The van der Waals surface area contributed by atoms with Gasteiger partial charge in [-0.3, -0.25) is 14.9 Å². The van der Waals surface area contributed by atoms with Crippen molar-refractivity contribution < 1.29 is 23.6 Å². The molecule has 10 heteroatoms. The van der Waals surface area contributed by atoms with E-state index in [0.29, 0.717) is 23.5 Å². The van der Waals surface area contributed by atoms with Crippen LogP contribution in [0.3, 0.4) is 0 Å². The topological polar surface area (TPSA) is 98.5 Å². The van der Waals surface area contributed by atoms with Gasteiger partial charge in [-0.2, -0.15) is 0 Å². The number of ether oxygens (including phenoxy) is 1. The van der Waals surface area contributed by atoms with Gasteiger partial charge >= 0.3 is 11.0 Å². The highest BCUT2D eigenvalue weighted by Gasteiger charge is 2.23. The Kier molecular flexibility index (Phi) is 7.74. The summed E-state index contributed by atoms with van der Waals surface area (Å²) in [5, 5.41) is 13.3. The molecular formula is C17H17FN2O5S2. The Labute approximate surface area is 163 Å². The second-order valence-electron chi connectivity index (χ2n) is 5.26. The van der Waals surface area contributed by atoms with Crippen LogP contribution in [0.25, 0.3) is 0 Å². The number of nitrogens with one attached hydrogen (secondary N) is 1. The van der Waals surface area contributed by atoms with Crippen molar-refractivity contribution in [3.63, 3.8) is 0 Å². The molecule has 1 aromatic carbocycles. The Morgan fingerprint density at radius 2 is 2.04 bits per heavy atom. The third-order valence-corrected chi connectivity index (χ3v) is 5.38. The highest BCUT2D eigenvalue weighted by Crippen LogP contribution is 2.34. The minimum absolute atomic E-state index is 0.0254. The van der Waals surface area contributed by atoms with Crippen LogP contribution in [-0.4, -0.2) is 29.2 Å². The maximum absolute atomic E-state index is 12.8. The molecule has 0 aliphatic carbocycles. The number of benzene rings is 1. The molecule has 0 aliphatic rings. The number of thiophene rings is 1. The van der Waals surface area contributed by atoms with E-state index in [-0.39, 0.29) is 40.3 Å². The van der Waals surface area contributed by atoms with Crippen LogP contribution in [0.5, 0.6) is 0 Å². The zero-order valence-corrected chi connectivity index (χ0v) is 16.0. The number of nitrogens with zero attached hydrogens (tertiary/aromatic N) is 1. The number of carbonyl (C=O) groups is 2. The van der Waals surface area contributed by atoms with Gasteiger partial charge in [-0.25, -0.2) is 9.18 Å². The fourth-order valence-corrected chi connectivity index (χ4v) is 3.79. The molecule has 1 N–H and O–H groups in total. The molecule has 7 nitrogen and oxygen atoms in total. The van der Waals surface area contributed by atoms with Crippen LogP contribution in [0.4, 0.5) is 14.4 Å². The van der Waals surface area contributed by atoms with Gasteiger partial charge in [-0.05, 0) is 54.7 Å². The van der Waals surface area contributed by atoms with Crippen LogP contribution in [0.15, 0.2) is 35.2 Å². The van der Waals surface area contributed by atoms with E-state index in [1.54, 1.807) is 19.1 Å². The van der Waals surface area contributed by atoms with E-state index in [1.165, 1.54) is 23.9 Å². The fraction of sp³-hybridized carbons (Fsp3) is 0.294. The highest BCUT2D eigenvalue weighted by molar-refractivity contribution is 7.99. The van der Waals surface area contributed by atoms with Crippen LogP contribution in [0.1, 0.15) is 30.1 Å². The highest BCUT2D eigenvalue weighted by atomic mass is 32.2. The molecule has 0 atom stereocenters. The number of hydrogen-bond acceptors (Lipinski definition) is 7. The van der Waals surface area contributed by atoms with Crippen molar-refractivity contribution in [2.24, 2.45) is 0 Å². The lowest BCUT2D eigenvalue weighted by atomic mass is 10.3. The first-order chi connectivity index (χ1) is 12.9. The van der Waals surface area contributed by atoms with Gasteiger partial charge in [0.2, 0.25) is 5.91 Å². The van der Waals surface area contributed by atoms with E-state index < -0.39 is 10.9 Å². The molecule has 0 saturated heterocycles. The van der Waals surface area contributed by atoms with Crippen molar-refractivity contribution >= 4 is 45.0 Å². The predicted octanol–water partition coefficient (Wildman–Crippen LogP) is 4.48. The maximum Gasteiger partial charge on any atom is 0.341 e. The molecule has 0 spiro atoms. The Bertz CT molecular complexity index is 823. The smallest absolute Gasteiger partial charge is 0.341 e. The van der Waals surface area contributed by atoms with Crippen molar-refractivity contribution in [1.82, 2.24) is 0 Å². The molecule has 0 aliphatic heterocycles. The Balaban J connectivity index is 1.89. The van der Waals surface area contributed by atoms with Crippen molar-refractivity contribution in [3.8, 4) is 0 Å². The molecule has 0 unspecified atom stereocenters. The van der Waals surface area contributed by atoms with Gasteiger partial charge < -0.3 is 10.1 Å². The summed E-state index contributed by atoms with van der Waals surface area (Å²) < 4.78 is 17.7. The van der Waals surface area contributed by atoms with E-state index in [1.807, 2.05) is 0 Å². The molecule has 1 amide bonds. The lowest BCUT2D eigenvalue weighted by Crippen LogP contribution is -2.14. The number of rotatable bonds is 9. The first kappa shape index (κ1) is 20.8. The summed E-state index contributed by atoms with van der Waals surface area (Å²) in [7, 11) is 0. The summed E-state index contributed by atoms with van der Waals surface area (Å²) in [5.41, 5.74) is -0.0254. The van der Waals surface area contributed by atoms with Gasteiger partial charge in [0.15, 0.2) is 0 Å². The summed E-state index contributed by atoms with van der Waals surface area (Å²) in [5.74, 6) is -0.726. The van der Waals surface area contributed by atoms with Crippen molar-refractivity contribution in [3.05, 3.63) is 51.8 Å². The van der Waals surface area contributed by atoms with E-state index in [2.05, 4.69) is 5.32 Å². The summed E-state index contributed by atoms with van der Waals surface area (Å²) >= 11 is 2.21. The average molecular weight is 412 g/mol. The van der Waals surface area contributed by atoms with Crippen LogP contribution >= 0.6 is 23.1 Å². The Hall–Kier alpha value is -2.46. The van der Waals surface area contributed by atoms with Gasteiger partial charge in [0.25, 0.3) is 0 Å². The summed E-state index contributed by atoms with van der Waals surface area (Å²) in [6, 6.07) is 7.17. The van der Waals surface area contributed by atoms with Crippen molar-refractivity contribution in [2.75, 3.05) is 17.7 Å². The number of anilines is 1. The number of esters is 1. The number of nitro groups is 1. The van der Waals surface area contributed by atoms with Crippen LogP contribution in [0, 0.1) is 15.9 Å². The van der Waals surface area contributed by atoms with E-state index >= 15 is 0 Å². The van der Waals surface area contributed by atoms with Crippen LogP contribution in [0.2, 0.25) is 0 Å². The first-order valence-electron chi connectivity index (χ1n) is 8.04. The Morgan fingerprint density at radius 3 is 2.67 bits per heavy atom. The maximum atomic E-state index is 12.8. The molecule has 2 aromatic rings. The number of amides is 1. The van der Waals surface area contributed by atoms with Crippen LogP contribution < -0.4 is 5.32 Å². The van der Waals surface area contributed by atoms with E-state index in [4.69, 9.17) is 4.74 Å². The number of hydrogen-bond donors (Lipinski definition) is 1. The standard InChI is InChI=1S/C17H17FN2O5S2/c1-2-25-17(22)13-10-15(20(23)24)27-16(13)19-14(21)4-3-9-26-12-7-5-11(18)6-8-12/h5-8,10H,2-4,9H2,1H3,(H,19,21). The molecule has 1 aromatic heterocycles. The molecule has 1 heterocycles. The second kappa shape index (κ2) is 10.0. The van der Waals surface area contributed by atoms with Crippen molar-refractivity contribution in [1.29, 1.82) is 0 Å². The number of carbonyl (C=O) groups excluding carboxylic acids is 2. The zero-order chi connectivity index (χ0) is 19.8. The predicted molar refractivity (Wildman–Crippen MR) is 102 cm³/mol. The Morgan fingerprint density at radius 1 is 1.33 bits per heavy atom. The summed E-state index contributed by atoms with van der Waals surface area (Å²) in [6.45, 7) is 1.74. The normalized spacial score (nSPS) is 10.4. The van der Waals surface area contributed by atoms with E-state index in [9.17, 15) is 24.1 Å². The number of halogens is 1. The van der Waals surface area contributed by atoms with E-state index in [0.717, 1.165) is 11.0 Å². The molecule has 144 valence electrons. The SMILES string of the molecule is CCOC(=O)c1cc([N+](=O)[O-])sc1NC(=O)CCCSc1ccc(F)cc1. The summed E-state index contributed by atoms with van der Waals surface area (Å²) in [4.78, 5) is 35.2. The minimum atomic E-state index is -0.719. The first-order valence-corrected chi connectivity index (χ1v) is 9.84.